The van der Waals surface area contributed by atoms with E-state index in [0.717, 1.165) is 12.2 Å². The second-order valence-corrected chi connectivity index (χ2v) is 5.98. The molecule has 0 saturated carbocycles. The van der Waals surface area contributed by atoms with E-state index in [1.807, 2.05) is 30.7 Å². The molecule has 0 saturated heterocycles. The SMILES string of the molecule is C/C=C/COc1cc(C)c(CCOc2c(C=NOC)ncn2C)c(C)c1. The van der Waals surface area contributed by atoms with Gasteiger partial charge in [-0.15, -0.1) is 0 Å². The van der Waals surface area contributed by atoms with Crippen molar-refractivity contribution in [1.29, 1.82) is 0 Å². The number of oxime groups is 1. The van der Waals surface area contributed by atoms with Gasteiger partial charge in [-0.25, -0.2) is 4.98 Å². The van der Waals surface area contributed by atoms with Crippen molar-refractivity contribution in [3.05, 3.63) is 53.0 Å². The molecule has 2 rings (SSSR count). The van der Waals surface area contributed by atoms with Crippen molar-refractivity contribution in [3.63, 3.8) is 0 Å². The summed E-state index contributed by atoms with van der Waals surface area (Å²) in [4.78, 5) is 8.96. The zero-order valence-electron chi connectivity index (χ0n) is 16.2. The van der Waals surface area contributed by atoms with Gasteiger partial charge in [0, 0.05) is 13.5 Å². The van der Waals surface area contributed by atoms with Crippen LogP contribution in [0.4, 0.5) is 0 Å². The van der Waals surface area contributed by atoms with Crippen molar-refractivity contribution in [2.45, 2.75) is 27.2 Å². The molecule has 2 aromatic rings. The summed E-state index contributed by atoms with van der Waals surface area (Å²) in [5.41, 5.74) is 4.33. The molecule has 0 fully saturated rings. The molecule has 0 N–H and O–H groups in total. The number of benzene rings is 1. The van der Waals surface area contributed by atoms with Gasteiger partial charge >= 0.3 is 0 Å². The lowest BCUT2D eigenvalue weighted by atomic mass is 10.00. The van der Waals surface area contributed by atoms with E-state index in [9.17, 15) is 0 Å². The Labute approximate surface area is 155 Å². The maximum absolute atomic E-state index is 5.94. The molecule has 140 valence electrons. The number of allylic oxidation sites excluding steroid dienone is 1. The second-order valence-electron chi connectivity index (χ2n) is 5.98. The highest BCUT2D eigenvalue weighted by Gasteiger charge is 2.11. The third-order valence-electron chi connectivity index (χ3n) is 4.03. The summed E-state index contributed by atoms with van der Waals surface area (Å²) in [6, 6.07) is 4.15. The maximum Gasteiger partial charge on any atom is 0.222 e. The van der Waals surface area contributed by atoms with Crippen LogP contribution in [0.1, 0.15) is 29.3 Å². The minimum absolute atomic E-state index is 0.549. The fraction of sp³-hybridized carbons (Fsp3) is 0.400. The maximum atomic E-state index is 5.94. The third kappa shape index (κ3) is 5.12. The normalized spacial score (nSPS) is 11.4. The summed E-state index contributed by atoms with van der Waals surface area (Å²) in [6.07, 6.45) is 8.02. The van der Waals surface area contributed by atoms with Crippen molar-refractivity contribution in [2.75, 3.05) is 20.3 Å². The van der Waals surface area contributed by atoms with Gasteiger partial charge in [-0.1, -0.05) is 17.3 Å². The number of nitrogens with zero attached hydrogens (tertiary/aromatic N) is 3. The van der Waals surface area contributed by atoms with Gasteiger partial charge in [-0.3, -0.25) is 0 Å². The van der Waals surface area contributed by atoms with E-state index in [-0.39, 0.29) is 0 Å². The summed E-state index contributed by atoms with van der Waals surface area (Å²) < 4.78 is 13.5. The Bertz CT molecular complexity index is 756. The van der Waals surface area contributed by atoms with E-state index >= 15 is 0 Å². The number of hydrogen-bond acceptors (Lipinski definition) is 5. The molecule has 26 heavy (non-hydrogen) atoms. The van der Waals surface area contributed by atoms with E-state index in [0.29, 0.717) is 24.8 Å². The quantitative estimate of drug-likeness (QED) is 0.391. The number of imidazole rings is 1. The first-order valence-corrected chi connectivity index (χ1v) is 8.61. The lowest BCUT2D eigenvalue weighted by molar-refractivity contribution is 0.215. The molecule has 0 bridgehead atoms. The van der Waals surface area contributed by atoms with Crippen molar-refractivity contribution in [3.8, 4) is 11.6 Å². The summed E-state index contributed by atoms with van der Waals surface area (Å²) in [7, 11) is 3.39. The van der Waals surface area contributed by atoms with Gasteiger partial charge in [0.15, 0.2) is 0 Å². The van der Waals surface area contributed by atoms with Crippen LogP contribution in [-0.4, -0.2) is 36.1 Å². The summed E-state index contributed by atoms with van der Waals surface area (Å²) in [5.74, 6) is 1.57. The highest BCUT2D eigenvalue weighted by atomic mass is 16.6. The lowest BCUT2D eigenvalue weighted by Crippen LogP contribution is -2.08. The Balaban J connectivity index is 2.02. The van der Waals surface area contributed by atoms with E-state index in [4.69, 9.17) is 14.3 Å². The van der Waals surface area contributed by atoms with E-state index in [1.165, 1.54) is 23.8 Å². The summed E-state index contributed by atoms with van der Waals surface area (Å²) in [6.45, 7) is 7.33. The predicted octanol–water partition coefficient (Wildman–Crippen LogP) is 3.59. The highest BCUT2D eigenvalue weighted by molar-refractivity contribution is 5.79. The van der Waals surface area contributed by atoms with Crippen LogP contribution < -0.4 is 9.47 Å². The van der Waals surface area contributed by atoms with E-state index in [1.54, 1.807) is 12.5 Å². The van der Waals surface area contributed by atoms with Crippen molar-refractivity contribution in [1.82, 2.24) is 9.55 Å². The first-order chi connectivity index (χ1) is 12.6. The monoisotopic (exact) mass is 357 g/mol. The Morgan fingerprint density at radius 1 is 1.19 bits per heavy atom. The molecule has 0 radical (unpaired) electrons. The van der Waals surface area contributed by atoms with Crippen LogP contribution in [0, 0.1) is 13.8 Å². The van der Waals surface area contributed by atoms with Crippen molar-refractivity contribution < 1.29 is 14.3 Å². The molecule has 0 spiro atoms. The van der Waals surface area contributed by atoms with Crippen LogP contribution in [-0.2, 0) is 18.3 Å². The summed E-state index contributed by atoms with van der Waals surface area (Å²) >= 11 is 0. The molecular weight excluding hydrogens is 330 g/mol. The minimum atomic E-state index is 0.549. The minimum Gasteiger partial charge on any atom is -0.490 e. The number of aromatic nitrogens is 2. The molecular formula is C20H27N3O3. The Hall–Kier alpha value is -2.76. The molecule has 1 aromatic heterocycles. The smallest absolute Gasteiger partial charge is 0.222 e. The fourth-order valence-corrected chi connectivity index (χ4v) is 2.73. The van der Waals surface area contributed by atoms with Crippen LogP contribution in [0.5, 0.6) is 11.6 Å². The van der Waals surface area contributed by atoms with Crippen LogP contribution in [0.15, 0.2) is 35.8 Å². The number of hydrogen-bond donors (Lipinski definition) is 0. The molecule has 6 nitrogen and oxygen atoms in total. The number of aryl methyl sites for hydroxylation is 3. The van der Waals surface area contributed by atoms with Crippen LogP contribution in [0.3, 0.4) is 0 Å². The van der Waals surface area contributed by atoms with Crippen molar-refractivity contribution >= 4 is 6.21 Å². The molecule has 0 aliphatic carbocycles. The standard InChI is InChI=1S/C20H27N3O3/c1-6-7-9-25-17-11-15(2)18(16(3)12-17)8-10-26-20-19(13-22-24-5)21-14-23(20)4/h6-7,11-14H,8-10H2,1-5H3/b7-6+,22-13?. The largest absolute Gasteiger partial charge is 0.490 e. The zero-order chi connectivity index (χ0) is 18.9. The molecule has 1 heterocycles. The van der Waals surface area contributed by atoms with Gasteiger partial charge in [0.1, 0.15) is 25.2 Å². The van der Waals surface area contributed by atoms with Crippen molar-refractivity contribution in [2.24, 2.45) is 12.2 Å². The molecule has 0 aliphatic rings. The van der Waals surface area contributed by atoms with Gasteiger partial charge in [0.05, 0.1) is 19.1 Å². The molecule has 6 heteroatoms. The Kier molecular flexibility index (Phi) is 7.26. The number of ether oxygens (including phenoxy) is 2. The molecule has 0 unspecified atom stereocenters. The Morgan fingerprint density at radius 2 is 1.92 bits per heavy atom. The first-order valence-electron chi connectivity index (χ1n) is 8.61. The van der Waals surface area contributed by atoms with Gasteiger partial charge in [-0.05, 0) is 49.6 Å². The predicted molar refractivity (Wildman–Crippen MR) is 103 cm³/mol. The summed E-state index contributed by atoms with van der Waals surface area (Å²) in [5, 5.41) is 3.75. The molecule has 0 amide bonds. The van der Waals surface area contributed by atoms with Gasteiger partial charge in [0.25, 0.3) is 0 Å². The van der Waals surface area contributed by atoms with Gasteiger partial charge < -0.3 is 18.9 Å². The second kappa shape index (κ2) is 9.65. The lowest BCUT2D eigenvalue weighted by Gasteiger charge is -2.14. The molecule has 0 aliphatic heterocycles. The zero-order valence-corrected chi connectivity index (χ0v) is 16.2. The van der Waals surface area contributed by atoms with Gasteiger partial charge in [0.2, 0.25) is 5.88 Å². The Morgan fingerprint density at radius 3 is 2.58 bits per heavy atom. The average molecular weight is 357 g/mol. The molecule has 1 aromatic carbocycles. The van der Waals surface area contributed by atoms with E-state index < -0.39 is 0 Å². The van der Waals surface area contributed by atoms with Crippen LogP contribution >= 0.6 is 0 Å². The number of rotatable bonds is 9. The third-order valence-corrected chi connectivity index (χ3v) is 4.03. The molecule has 0 atom stereocenters. The van der Waals surface area contributed by atoms with Gasteiger partial charge in [-0.2, -0.15) is 0 Å². The fourth-order valence-electron chi connectivity index (χ4n) is 2.73. The average Bonchev–Trinajstić information content (AvgIpc) is 2.95. The van der Waals surface area contributed by atoms with Crippen LogP contribution in [0.25, 0.3) is 0 Å². The highest BCUT2D eigenvalue weighted by Crippen LogP contribution is 2.23. The van der Waals surface area contributed by atoms with E-state index in [2.05, 4.69) is 36.1 Å². The first kappa shape index (κ1) is 19.6. The topological polar surface area (TPSA) is 57.9 Å². The van der Waals surface area contributed by atoms with Crippen LogP contribution in [0.2, 0.25) is 0 Å².